The average molecular weight is 309 g/mol. The van der Waals surface area contributed by atoms with Crippen LogP contribution in [0.4, 0.5) is 0 Å². The normalized spacial score (nSPS) is 27.5. The van der Waals surface area contributed by atoms with Crippen LogP contribution < -0.4 is 5.32 Å². The lowest BCUT2D eigenvalue weighted by atomic mass is 9.58. The van der Waals surface area contributed by atoms with E-state index in [0.717, 1.165) is 12.8 Å². The van der Waals surface area contributed by atoms with Crippen LogP contribution in [0.2, 0.25) is 0 Å². The van der Waals surface area contributed by atoms with Gasteiger partial charge < -0.3 is 19.6 Å². The molecule has 0 aromatic carbocycles. The van der Waals surface area contributed by atoms with Gasteiger partial charge in [-0.1, -0.05) is 20.8 Å². The third-order valence-electron chi connectivity index (χ3n) is 4.81. The predicted molar refractivity (Wildman–Crippen MR) is 77.4 cm³/mol. The van der Waals surface area contributed by atoms with Gasteiger partial charge in [-0.15, -0.1) is 10.2 Å². The van der Waals surface area contributed by atoms with Gasteiger partial charge >= 0.3 is 11.8 Å². The minimum Gasteiger partial charge on any atom is -0.416 e. The van der Waals surface area contributed by atoms with E-state index in [4.69, 9.17) is 9.15 Å². The maximum absolute atomic E-state index is 12.3. The van der Waals surface area contributed by atoms with Gasteiger partial charge in [-0.2, -0.15) is 0 Å². The first-order valence-corrected chi connectivity index (χ1v) is 7.73. The molecule has 1 aromatic rings. The summed E-state index contributed by atoms with van der Waals surface area (Å²) in [6.45, 7) is 7.08. The Bertz CT molecular complexity index is 557. The van der Waals surface area contributed by atoms with E-state index < -0.39 is 0 Å². The maximum Gasteiger partial charge on any atom is 0.309 e. The molecule has 2 heterocycles. The molecule has 122 valence electrons. The maximum atomic E-state index is 12.3. The number of nitrogens with zero attached hydrogens (tertiary/aromatic N) is 2. The number of aliphatic hydroxyl groups excluding tert-OH is 1. The average Bonchev–Trinajstić information content (AvgIpc) is 2.98. The van der Waals surface area contributed by atoms with Gasteiger partial charge in [0.2, 0.25) is 5.89 Å². The number of rotatable bonds is 2. The smallest absolute Gasteiger partial charge is 0.309 e. The minimum absolute atomic E-state index is 0.0199. The second-order valence-corrected chi connectivity index (χ2v) is 7.29. The molecule has 1 spiro atoms. The summed E-state index contributed by atoms with van der Waals surface area (Å²) in [7, 11) is 0. The van der Waals surface area contributed by atoms with Crippen LogP contribution in [0.25, 0.3) is 0 Å². The first-order valence-electron chi connectivity index (χ1n) is 7.73. The molecule has 7 nitrogen and oxygen atoms in total. The molecule has 0 radical (unpaired) electrons. The number of hydrogen-bond donors (Lipinski definition) is 2. The van der Waals surface area contributed by atoms with Crippen molar-refractivity contribution in [3.63, 3.8) is 0 Å². The molecule has 1 aliphatic heterocycles. The summed E-state index contributed by atoms with van der Waals surface area (Å²) < 4.78 is 10.8. The molecule has 1 aromatic heterocycles. The van der Waals surface area contributed by atoms with E-state index in [9.17, 15) is 9.90 Å². The Balaban J connectivity index is 1.68. The SMILES string of the molecule is CC(C)(C)c1nnc(C(=O)N[C@@H]2C[C@@H](O)C23CCOCC3)o1. The topological polar surface area (TPSA) is 97.5 Å². The van der Waals surface area contributed by atoms with E-state index in [1.807, 2.05) is 20.8 Å². The molecule has 2 N–H and O–H groups in total. The third kappa shape index (κ3) is 2.52. The van der Waals surface area contributed by atoms with Gasteiger partial charge in [0.15, 0.2) is 0 Å². The molecule has 1 aliphatic carbocycles. The number of carbonyl (C=O) groups is 1. The van der Waals surface area contributed by atoms with Crippen LogP contribution in [0.1, 0.15) is 56.6 Å². The van der Waals surface area contributed by atoms with E-state index in [-0.39, 0.29) is 34.8 Å². The summed E-state index contributed by atoms with van der Waals surface area (Å²) in [6, 6.07) is -0.0658. The van der Waals surface area contributed by atoms with E-state index in [1.165, 1.54) is 0 Å². The zero-order chi connectivity index (χ0) is 16.0. The molecule has 2 aliphatic rings. The number of aromatic nitrogens is 2. The van der Waals surface area contributed by atoms with E-state index in [1.54, 1.807) is 0 Å². The van der Waals surface area contributed by atoms with Crippen molar-refractivity contribution in [3.05, 3.63) is 11.8 Å². The van der Waals surface area contributed by atoms with Crippen LogP contribution in [0.5, 0.6) is 0 Å². The first kappa shape index (κ1) is 15.4. The summed E-state index contributed by atoms with van der Waals surface area (Å²) >= 11 is 0. The van der Waals surface area contributed by atoms with Crippen LogP contribution in [-0.4, -0.2) is 46.6 Å². The molecule has 1 amide bonds. The highest BCUT2D eigenvalue weighted by Gasteiger charge is 2.55. The molecular weight excluding hydrogens is 286 g/mol. The fourth-order valence-corrected chi connectivity index (χ4v) is 3.24. The Kier molecular flexibility index (Phi) is 3.72. The minimum atomic E-state index is -0.380. The van der Waals surface area contributed by atoms with Crippen LogP contribution in [-0.2, 0) is 10.2 Å². The van der Waals surface area contributed by atoms with Gasteiger partial charge in [-0.05, 0) is 19.3 Å². The summed E-state index contributed by atoms with van der Waals surface area (Å²) in [5.41, 5.74) is -0.555. The van der Waals surface area contributed by atoms with E-state index in [2.05, 4.69) is 15.5 Å². The molecule has 7 heteroatoms. The lowest BCUT2D eigenvalue weighted by Crippen LogP contribution is -2.65. The highest BCUT2D eigenvalue weighted by atomic mass is 16.5. The number of nitrogens with one attached hydrogen (secondary N) is 1. The fourth-order valence-electron chi connectivity index (χ4n) is 3.24. The molecule has 0 bridgehead atoms. The molecule has 3 rings (SSSR count). The second-order valence-electron chi connectivity index (χ2n) is 7.29. The van der Waals surface area contributed by atoms with Gasteiger partial charge in [0.05, 0.1) is 6.10 Å². The van der Waals surface area contributed by atoms with Gasteiger partial charge in [-0.3, -0.25) is 4.79 Å². The Labute approximate surface area is 129 Å². The quantitative estimate of drug-likeness (QED) is 0.846. The first-order chi connectivity index (χ1) is 10.3. The molecule has 1 saturated heterocycles. The van der Waals surface area contributed by atoms with Crippen molar-refractivity contribution in [1.29, 1.82) is 0 Å². The zero-order valence-electron chi connectivity index (χ0n) is 13.3. The van der Waals surface area contributed by atoms with Crippen molar-refractivity contribution in [2.45, 2.75) is 57.6 Å². The van der Waals surface area contributed by atoms with Crippen molar-refractivity contribution in [2.75, 3.05) is 13.2 Å². The molecule has 22 heavy (non-hydrogen) atoms. The highest BCUT2D eigenvalue weighted by Crippen LogP contribution is 2.49. The Morgan fingerprint density at radius 1 is 1.32 bits per heavy atom. The number of amides is 1. The van der Waals surface area contributed by atoms with Crippen molar-refractivity contribution in [3.8, 4) is 0 Å². The predicted octanol–water partition coefficient (Wildman–Crippen LogP) is 1.03. The lowest BCUT2D eigenvalue weighted by molar-refractivity contribution is -0.145. The van der Waals surface area contributed by atoms with Crippen molar-refractivity contribution < 1.29 is 19.1 Å². The fraction of sp³-hybridized carbons (Fsp3) is 0.800. The van der Waals surface area contributed by atoms with Gasteiger partial charge in [0, 0.05) is 30.1 Å². The Morgan fingerprint density at radius 3 is 2.55 bits per heavy atom. The largest absolute Gasteiger partial charge is 0.416 e. The molecule has 2 atom stereocenters. The van der Waals surface area contributed by atoms with Crippen LogP contribution >= 0.6 is 0 Å². The summed E-state index contributed by atoms with van der Waals surface area (Å²) in [4.78, 5) is 12.3. The number of aliphatic hydroxyl groups is 1. The number of carbonyl (C=O) groups excluding carboxylic acids is 1. The standard InChI is InChI=1S/C15H23N3O4/c1-14(2,3)13-18-17-12(22-13)11(20)16-9-8-10(19)15(9)4-6-21-7-5-15/h9-10,19H,4-8H2,1-3H3,(H,16,20)/t9-,10-/m1/s1. The van der Waals surface area contributed by atoms with E-state index >= 15 is 0 Å². The van der Waals surface area contributed by atoms with Gasteiger partial charge in [0.1, 0.15) is 0 Å². The molecule has 1 saturated carbocycles. The summed E-state index contributed by atoms with van der Waals surface area (Å²) in [6.07, 6.45) is 1.70. The Morgan fingerprint density at radius 2 is 2.00 bits per heavy atom. The second kappa shape index (κ2) is 5.31. The number of hydrogen-bond acceptors (Lipinski definition) is 6. The zero-order valence-corrected chi connectivity index (χ0v) is 13.3. The van der Waals surface area contributed by atoms with Crippen molar-refractivity contribution in [1.82, 2.24) is 15.5 Å². The van der Waals surface area contributed by atoms with Crippen LogP contribution in [0.15, 0.2) is 4.42 Å². The highest BCUT2D eigenvalue weighted by molar-refractivity contribution is 5.89. The molecule has 2 fully saturated rings. The lowest BCUT2D eigenvalue weighted by Gasteiger charge is -2.55. The van der Waals surface area contributed by atoms with Gasteiger partial charge in [-0.25, -0.2) is 0 Å². The Hall–Kier alpha value is -1.47. The molecule has 0 unspecified atom stereocenters. The van der Waals surface area contributed by atoms with Crippen molar-refractivity contribution in [2.24, 2.45) is 5.41 Å². The molecular formula is C15H23N3O4. The van der Waals surface area contributed by atoms with Crippen LogP contribution in [0, 0.1) is 5.41 Å². The number of ether oxygens (including phenoxy) is 1. The third-order valence-corrected chi connectivity index (χ3v) is 4.81. The summed E-state index contributed by atoms with van der Waals surface area (Å²) in [5, 5.41) is 20.8. The monoisotopic (exact) mass is 309 g/mol. The van der Waals surface area contributed by atoms with E-state index in [0.29, 0.717) is 25.5 Å². The van der Waals surface area contributed by atoms with Crippen LogP contribution in [0.3, 0.4) is 0 Å². The van der Waals surface area contributed by atoms with Crippen molar-refractivity contribution >= 4 is 5.91 Å². The van der Waals surface area contributed by atoms with Gasteiger partial charge in [0.25, 0.3) is 0 Å². The summed E-state index contributed by atoms with van der Waals surface area (Å²) in [5.74, 6) is 0.0476.